The number of nitrogens with zero attached hydrogens (tertiary/aromatic N) is 1. The van der Waals surface area contributed by atoms with Crippen molar-refractivity contribution in [1.82, 2.24) is 15.5 Å². The molecule has 0 saturated carbocycles. The number of carbonyl (C=O) groups excluding carboxylic acids is 1. The van der Waals surface area contributed by atoms with Gasteiger partial charge in [-0.25, -0.2) is 0 Å². The van der Waals surface area contributed by atoms with Crippen LogP contribution in [0.4, 0.5) is 0 Å². The van der Waals surface area contributed by atoms with Crippen molar-refractivity contribution in [2.45, 2.75) is 12.6 Å². The molecular formula is C15H18ClN3O5. The lowest BCUT2D eigenvalue weighted by Gasteiger charge is -2.11. The molecule has 0 radical (unpaired) electrons. The van der Waals surface area contributed by atoms with Gasteiger partial charge in [-0.05, 0) is 18.2 Å². The normalized spacial score (nSPS) is 10.7. The number of amides is 1. The van der Waals surface area contributed by atoms with Crippen molar-refractivity contribution in [2.24, 2.45) is 0 Å². The number of hydrogen-bond acceptors (Lipinski definition) is 6. The van der Waals surface area contributed by atoms with Crippen LogP contribution in [0.2, 0.25) is 5.02 Å². The molecular weight excluding hydrogens is 338 g/mol. The second-order valence-electron chi connectivity index (χ2n) is 4.90. The molecule has 1 amide bonds. The summed E-state index contributed by atoms with van der Waals surface area (Å²) in [6, 6.07) is 5.81. The predicted octanol–water partition coefficient (Wildman–Crippen LogP) is 0.734. The summed E-state index contributed by atoms with van der Waals surface area (Å²) in [4.78, 5) is 11.9. The van der Waals surface area contributed by atoms with Gasteiger partial charge in [-0.1, -0.05) is 11.6 Å². The summed E-state index contributed by atoms with van der Waals surface area (Å²) in [6.07, 6.45) is 0. The SMILES string of the molecule is COc1ccc(OCc2cc(C(=O)NC(CO)CO)n[nH]2)c(Cl)c1. The molecule has 24 heavy (non-hydrogen) atoms. The number of aromatic amines is 1. The van der Waals surface area contributed by atoms with Gasteiger partial charge in [0.1, 0.15) is 23.8 Å². The van der Waals surface area contributed by atoms with Crippen LogP contribution in [-0.4, -0.2) is 52.7 Å². The topological polar surface area (TPSA) is 117 Å². The van der Waals surface area contributed by atoms with Crippen molar-refractivity contribution in [3.63, 3.8) is 0 Å². The van der Waals surface area contributed by atoms with Gasteiger partial charge in [0.05, 0.1) is 37.1 Å². The van der Waals surface area contributed by atoms with Crippen LogP contribution in [0.5, 0.6) is 11.5 Å². The summed E-state index contributed by atoms with van der Waals surface area (Å²) in [7, 11) is 1.54. The van der Waals surface area contributed by atoms with E-state index in [1.165, 1.54) is 6.07 Å². The maximum absolute atomic E-state index is 11.9. The Kier molecular flexibility index (Phi) is 6.42. The van der Waals surface area contributed by atoms with Gasteiger partial charge in [0.25, 0.3) is 5.91 Å². The molecule has 1 aromatic carbocycles. The van der Waals surface area contributed by atoms with E-state index in [1.807, 2.05) is 0 Å². The van der Waals surface area contributed by atoms with Crippen LogP contribution in [-0.2, 0) is 6.61 Å². The van der Waals surface area contributed by atoms with Crippen molar-refractivity contribution >= 4 is 17.5 Å². The number of halogens is 1. The molecule has 8 nitrogen and oxygen atoms in total. The quantitative estimate of drug-likeness (QED) is 0.554. The van der Waals surface area contributed by atoms with E-state index in [-0.39, 0.29) is 25.5 Å². The van der Waals surface area contributed by atoms with Gasteiger partial charge in [-0.2, -0.15) is 5.10 Å². The lowest BCUT2D eigenvalue weighted by atomic mass is 10.3. The Balaban J connectivity index is 1.95. The largest absolute Gasteiger partial charge is 0.497 e. The van der Waals surface area contributed by atoms with Crippen LogP contribution in [0, 0.1) is 0 Å². The molecule has 0 aliphatic carbocycles. The second-order valence-corrected chi connectivity index (χ2v) is 5.31. The summed E-state index contributed by atoms with van der Waals surface area (Å²) in [6.45, 7) is -0.590. The van der Waals surface area contributed by atoms with E-state index >= 15 is 0 Å². The minimum atomic E-state index is -0.730. The number of hydrogen-bond donors (Lipinski definition) is 4. The highest BCUT2D eigenvalue weighted by molar-refractivity contribution is 6.32. The van der Waals surface area contributed by atoms with Crippen molar-refractivity contribution in [2.75, 3.05) is 20.3 Å². The van der Waals surface area contributed by atoms with Gasteiger partial charge in [-0.3, -0.25) is 9.89 Å². The Bertz CT molecular complexity index is 687. The fourth-order valence-corrected chi connectivity index (χ4v) is 2.07. The molecule has 9 heteroatoms. The highest BCUT2D eigenvalue weighted by Crippen LogP contribution is 2.29. The third kappa shape index (κ3) is 4.60. The van der Waals surface area contributed by atoms with Gasteiger partial charge < -0.3 is 25.0 Å². The first-order valence-electron chi connectivity index (χ1n) is 7.10. The maximum Gasteiger partial charge on any atom is 0.272 e. The first-order valence-corrected chi connectivity index (χ1v) is 7.48. The number of carbonyl (C=O) groups is 1. The zero-order valence-corrected chi connectivity index (χ0v) is 13.7. The van der Waals surface area contributed by atoms with Crippen molar-refractivity contribution in [3.05, 3.63) is 40.7 Å². The molecule has 0 spiro atoms. The Morgan fingerprint density at radius 1 is 1.38 bits per heavy atom. The molecule has 0 aliphatic heterocycles. The number of ether oxygens (including phenoxy) is 2. The van der Waals surface area contributed by atoms with Crippen LogP contribution >= 0.6 is 11.6 Å². The van der Waals surface area contributed by atoms with Crippen LogP contribution in [0.15, 0.2) is 24.3 Å². The second kappa shape index (κ2) is 8.53. The summed E-state index contributed by atoms with van der Waals surface area (Å²) in [5, 5.41) is 27.3. The first kappa shape index (κ1) is 18.1. The van der Waals surface area contributed by atoms with E-state index in [4.69, 9.17) is 31.3 Å². The zero-order valence-electron chi connectivity index (χ0n) is 13.0. The lowest BCUT2D eigenvalue weighted by molar-refractivity contribution is 0.0874. The molecule has 0 unspecified atom stereocenters. The number of rotatable bonds is 8. The van der Waals surface area contributed by atoms with E-state index < -0.39 is 11.9 Å². The molecule has 2 rings (SSSR count). The molecule has 1 heterocycles. The van der Waals surface area contributed by atoms with Crippen LogP contribution < -0.4 is 14.8 Å². The summed E-state index contributed by atoms with van der Waals surface area (Å²) in [5.74, 6) is 0.585. The van der Waals surface area contributed by atoms with Crippen LogP contribution in [0.3, 0.4) is 0 Å². The van der Waals surface area contributed by atoms with Crippen LogP contribution in [0.25, 0.3) is 0 Å². The number of benzene rings is 1. The highest BCUT2D eigenvalue weighted by Gasteiger charge is 2.15. The average molecular weight is 356 g/mol. The molecule has 1 aromatic heterocycles. The summed E-state index contributed by atoms with van der Waals surface area (Å²) >= 11 is 6.08. The van der Waals surface area contributed by atoms with Gasteiger partial charge in [-0.15, -0.1) is 0 Å². The van der Waals surface area contributed by atoms with Gasteiger partial charge >= 0.3 is 0 Å². The molecule has 4 N–H and O–H groups in total. The minimum Gasteiger partial charge on any atom is -0.497 e. The highest BCUT2D eigenvalue weighted by atomic mass is 35.5. The summed E-state index contributed by atoms with van der Waals surface area (Å²) < 4.78 is 10.6. The Morgan fingerprint density at radius 2 is 2.12 bits per heavy atom. The third-order valence-corrected chi connectivity index (χ3v) is 3.46. The molecule has 0 saturated heterocycles. The van der Waals surface area contributed by atoms with E-state index in [0.29, 0.717) is 22.2 Å². The lowest BCUT2D eigenvalue weighted by Crippen LogP contribution is -2.40. The standard InChI is InChI=1S/C15H18ClN3O5/c1-23-11-2-3-14(12(16)5-11)24-8-9-4-13(19-18-9)15(22)17-10(6-20)7-21/h2-5,10,20-21H,6-8H2,1H3,(H,17,22)(H,18,19). The van der Waals surface area contributed by atoms with Crippen molar-refractivity contribution < 1.29 is 24.5 Å². The maximum atomic E-state index is 11.9. The van der Waals surface area contributed by atoms with Crippen LogP contribution in [0.1, 0.15) is 16.2 Å². The predicted molar refractivity (Wildman–Crippen MR) is 86.3 cm³/mol. The minimum absolute atomic E-state index is 0.126. The summed E-state index contributed by atoms with van der Waals surface area (Å²) in [5.41, 5.74) is 0.693. The zero-order chi connectivity index (χ0) is 17.5. The number of aliphatic hydroxyl groups is 2. The van der Waals surface area contributed by atoms with E-state index in [2.05, 4.69) is 15.5 Å². The van der Waals surface area contributed by atoms with E-state index in [9.17, 15) is 4.79 Å². The van der Waals surface area contributed by atoms with Gasteiger partial charge in [0.15, 0.2) is 0 Å². The van der Waals surface area contributed by atoms with Gasteiger partial charge in [0.2, 0.25) is 0 Å². The average Bonchev–Trinajstić information content (AvgIpc) is 3.07. The number of nitrogens with one attached hydrogen (secondary N) is 2. The molecule has 0 atom stereocenters. The molecule has 0 fully saturated rings. The van der Waals surface area contributed by atoms with Crippen molar-refractivity contribution in [3.8, 4) is 11.5 Å². The molecule has 0 aliphatic rings. The fraction of sp³-hybridized carbons (Fsp3) is 0.333. The molecule has 130 valence electrons. The molecule has 2 aromatic rings. The number of H-pyrrole nitrogens is 1. The first-order chi connectivity index (χ1) is 11.6. The van der Waals surface area contributed by atoms with E-state index in [0.717, 1.165) is 0 Å². The third-order valence-electron chi connectivity index (χ3n) is 3.16. The number of aromatic nitrogens is 2. The monoisotopic (exact) mass is 355 g/mol. The smallest absolute Gasteiger partial charge is 0.272 e. The number of methoxy groups -OCH3 is 1. The molecule has 0 bridgehead atoms. The Hall–Kier alpha value is -2.29. The fourth-order valence-electron chi connectivity index (χ4n) is 1.84. The Morgan fingerprint density at radius 3 is 2.75 bits per heavy atom. The van der Waals surface area contributed by atoms with E-state index in [1.54, 1.807) is 25.3 Å². The van der Waals surface area contributed by atoms with Gasteiger partial charge in [0, 0.05) is 6.07 Å². The number of aliphatic hydroxyl groups excluding tert-OH is 2. The van der Waals surface area contributed by atoms with Crippen molar-refractivity contribution in [1.29, 1.82) is 0 Å². The Labute approximate surface area is 143 Å².